The molecule has 1 unspecified atom stereocenters. The zero-order valence-electron chi connectivity index (χ0n) is 7.68. The van der Waals surface area contributed by atoms with Gasteiger partial charge in [-0.2, -0.15) is 9.61 Å². The van der Waals surface area contributed by atoms with Gasteiger partial charge in [-0.05, 0) is 19.4 Å². The fourth-order valence-corrected chi connectivity index (χ4v) is 2.76. The molecule has 1 N–H and O–H groups in total. The van der Waals surface area contributed by atoms with Gasteiger partial charge in [0.05, 0.1) is 0 Å². The summed E-state index contributed by atoms with van der Waals surface area (Å²) in [7, 11) is 0. The molecule has 14 heavy (non-hydrogen) atoms. The average molecular weight is 209 g/mol. The van der Waals surface area contributed by atoms with Crippen LogP contribution in [0.25, 0.3) is 4.96 Å². The van der Waals surface area contributed by atoms with Crippen LogP contribution < -0.4 is 5.32 Å². The van der Waals surface area contributed by atoms with Gasteiger partial charge in [0.1, 0.15) is 11.3 Å². The third-order valence-electron chi connectivity index (χ3n) is 2.55. The van der Waals surface area contributed by atoms with Gasteiger partial charge < -0.3 is 5.32 Å². The Morgan fingerprint density at radius 1 is 1.57 bits per heavy atom. The number of rotatable bonds is 1. The molecule has 1 fully saturated rings. The first-order chi connectivity index (χ1) is 6.93. The van der Waals surface area contributed by atoms with Gasteiger partial charge >= 0.3 is 0 Å². The Bertz CT molecular complexity index is 399. The molecular formula is C8H11N5S. The SMILES string of the molecule is c1nnc2sc(C3CCCNC3)nn12. The highest BCUT2D eigenvalue weighted by molar-refractivity contribution is 7.16. The fraction of sp³-hybridized carbons (Fsp3) is 0.625. The standard InChI is InChI=1S/C8H11N5S/c1-2-6(4-9-3-1)7-12-13-5-10-11-8(13)14-7/h5-6,9H,1-4H2. The molecule has 0 spiro atoms. The van der Waals surface area contributed by atoms with E-state index in [9.17, 15) is 0 Å². The van der Waals surface area contributed by atoms with E-state index in [0.717, 1.165) is 18.1 Å². The number of fused-ring (bicyclic) bond motifs is 1. The monoisotopic (exact) mass is 209 g/mol. The Kier molecular flexibility index (Phi) is 1.95. The van der Waals surface area contributed by atoms with Gasteiger partial charge in [0.15, 0.2) is 0 Å². The minimum absolute atomic E-state index is 0.565. The number of hydrogen-bond acceptors (Lipinski definition) is 5. The Labute approximate surface area is 85.2 Å². The van der Waals surface area contributed by atoms with E-state index in [1.807, 2.05) is 0 Å². The van der Waals surface area contributed by atoms with Crippen molar-refractivity contribution in [3.8, 4) is 0 Å². The molecule has 1 aliphatic heterocycles. The lowest BCUT2D eigenvalue weighted by molar-refractivity contribution is 0.457. The molecule has 0 saturated carbocycles. The number of nitrogens with zero attached hydrogens (tertiary/aromatic N) is 4. The van der Waals surface area contributed by atoms with Crippen LogP contribution in [0, 0.1) is 0 Å². The van der Waals surface area contributed by atoms with Crippen molar-refractivity contribution in [3.05, 3.63) is 11.3 Å². The minimum atomic E-state index is 0.565. The summed E-state index contributed by atoms with van der Waals surface area (Å²) in [6, 6.07) is 0. The molecule has 0 radical (unpaired) electrons. The van der Waals surface area contributed by atoms with E-state index in [0.29, 0.717) is 5.92 Å². The lowest BCUT2D eigenvalue weighted by Crippen LogP contribution is -2.28. The second-order valence-corrected chi connectivity index (χ2v) is 4.53. The van der Waals surface area contributed by atoms with Crippen molar-refractivity contribution in [2.45, 2.75) is 18.8 Å². The van der Waals surface area contributed by atoms with Crippen LogP contribution in [0.4, 0.5) is 0 Å². The average Bonchev–Trinajstić information content (AvgIpc) is 2.78. The molecular weight excluding hydrogens is 198 g/mol. The first-order valence-electron chi connectivity index (χ1n) is 4.81. The summed E-state index contributed by atoms with van der Waals surface area (Å²) in [6.45, 7) is 2.19. The zero-order valence-corrected chi connectivity index (χ0v) is 8.50. The Hall–Kier alpha value is -1.01. The lowest BCUT2D eigenvalue weighted by Gasteiger charge is -2.19. The summed E-state index contributed by atoms with van der Waals surface area (Å²) in [5, 5.41) is 16.8. The van der Waals surface area contributed by atoms with Crippen molar-refractivity contribution in [2.24, 2.45) is 0 Å². The Balaban J connectivity index is 1.92. The van der Waals surface area contributed by atoms with Crippen LogP contribution in [0.1, 0.15) is 23.8 Å². The summed E-state index contributed by atoms with van der Waals surface area (Å²) >= 11 is 1.65. The summed E-state index contributed by atoms with van der Waals surface area (Å²) in [4.78, 5) is 0.894. The molecule has 74 valence electrons. The van der Waals surface area contributed by atoms with E-state index in [1.54, 1.807) is 22.2 Å². The molecule has 1 saturated heterocycles. The lowest BCUT2D eigenvalue weighted by atomic mass is 10.0. The molecule has 0 amide bonds. The number of piperidine rings is 1. The molecule has 2 aromatic rings. The normalized spacial score (nSPS) is 23.0. The first kappa shape index (κ1) is 8.31. The van der Waals surface area contributed by atoms with Gasteiger partial charge in [-0.1, -0.05) is 11.3 Å². The van der Waals surface area contributed by atoms with E-state index in [4.69, 9.17) is 0 Å². The summed E-state index contributed by atoms with van der Waals surface area (Å²) < 4.78 is 1.76. The highest BCUT2D eigenvalue weighted by atomic mass is 32.1. The maximum Gasteiger partial charge on any atom is 0.234 e. The van der Waals surface area contributed by atoms with Crippen LogP contribution in [0.2, 0.25) is 0 Å². The van der Waals surface area contributed by atoms with Crippen LogP contribution in [0.15, 0.2) is 6.33 Å². The predicted molar refractivity (Wildman–Crippen MR) is 53.5 cm³/mol. The maximum absolute atomic E-state index is 4.47. The topological polar surface area (TPSA) is 55.1 Å². The van der Waals surface area contributed by atoms with Crippen LogP contribution in [0.3, 0.4) is 0 Å². The molecule has 3 rings (SSSR count). The quantitative estimate of drug-likeness (QED) is 0.749. The van der Waals surface area contributed by atoms with E-state index >= 15 is 0 Å². The fourth-order valence-electron chi connectivity index (χ4n) is 1.80. The van der Waals surface area contributed by atoms with Crippen molar-refractivity contribution in [2.75, 3.05) is 13.1 Å². The third kappa shape index (κ3) is 1.31. The summed E-state index contributed by atoms with van der Waals surface area (Å²) in [5.41, 5.74) is 0. The molecule has 0 aromatic carbocycles. The second-order valence-electron chi connectivity index (χ2n) is 3.54. The van der Waals surface area contributed by atoms with Gasteiger partial charge in [-0.3, -0.25) is 0 Å². The van der Waals surface area contributed by atoms with Gasteiger partial charge in [0.2, 0.25) is 4.96 Å². The highest BCUT2D eigenvalue weighted by Crippen LogP contribution is 2.26. The molecule has 6 heteroatoms. The third-order valence-corrected chi connectivity index (χ3v) is 3.62. The smallest absolute Gasteiger partial charge is 0.234 e. The number of hydrogen-bond donors (Lipinski definition) is 1. The minimum Gasteiger partial charge on any atom is -0.316 e. The van der Waals surface area contributed by atoms with E-state index in [-0.39, 0.29) is 0 Å². The van der Waals surface area contributed by atoms with Crippen LogP contribution in [0.5, 0.6) is 0 Å². The predicted octanol–water partition coefficient (Wildman–Crippen LogP) is 0.653. The summed E-state index contributed by atoms with van der Waals surface area (Å²) in [6.07, 6.45) is 4.13. The second kappa shape index (κ2) is 3.29. The Morgan fingerprint density at radius 3 is 3.36 bits per heavy atom. The Morgan fingerprint density at radius 2 is 2.57 bits per heavy atom. The molecule has 1 atom stereocenters. The molecule has 5 nitrogen and oxygen atoms in total. The molecule has 0 bridgehead atoms. The summed E-state index contributed by atoms with van der Waals surface area (Å²) in [5.74, 6) is 0.565. The molecule has 1 aliphatic rings. The van der Waals surface area contributed by atoms with E-state index < -0.39 is 0 Å². The van der Waals surface area contributed by atoms with Gasteiger partial charge in [-0.15, -0.1) is 10.2 Å². The maximum atomic E-state index is 4.47. The first-order valence-corrected chi connectivity index (χ1v) is 5.62. The van der Waals surface area contributed by atoms with Gasteiger partial charge in [0, 0.05) is 12.5 Å². The van der Waals surface area contributed by atoms with Crippen LogP contribution in [-0.2, 0) is 0 Å². The van der Waals surface area contributed by atoms with Crippen LogP contribution >= 0.6 is 11.3 Å². The van der Waals surface area contributed by atoms with E-state index in [1.165, 1.54) is 17.8 Å². The highest BCUT2D eigenvalue weighted by Gasteiger charge is 2.19. The van der Waals surface area contributed by atoms with Crippen molar-refractivity contribution < 1.29 is 0 Å². The number of nitrogens with one attached hydrogen (secondary N) is 1. The van der Waals surface area contributed by atoms with Crippen LogP contribution in [-0.4, -0.2) is 32.9 Å². The van der Waals surface area contributed by atoms with E-state index in [2.05, 4.69) is 20.6 Å². The van der Waals surface area contributed by atoms with Crippen molar-refractivity contribution in [1.29, 1.82) is 0 Å². The van der Waals surface area contributed by atoms with Crippen molar-refractivity contribution in [3.63, 3.8) is 0 Å². The molecule has 3 heterocycles. The van der Waals surface area contributed by atoms with Gasteiger partial charge in [-0.25, -0.2) is 0 Å². The zero-order chi connectivity index (χ0) is 9.38. The van der Waals surface area contributed by atoms with Gasteiger partial charge in [0.25, 0.3) is 0 Å². The molecule has 0 aliphatic carbocycles. The van der Waals surface area contributed by atoms with Crippen molar-refractivity contribution in [1.82, 2.24) is 25.1 Å². The number of aromatic nitrogens is 4. The largest absolute Gasteiger partial charge is 0.316 e. The van der Waals surface area contributed by atoms with Crippen molar-refractivity contribution >= 4 is 16.3 Å². The molecule has 2 aromatic heterocycles.